The highest BCUT2D eigenvalue weighted by molar-refractivity contribution is 5.70. The largest absolute Gasteiger partial charge is 0.462 e. The number of aliphatic hydroxyl groups is 1. The van der Waals surface area contributed by atoms with Gasteiger partial charge in [-0.2, -0.15) is 0 Å². The number of carbonyl (C=O) groups is 2. The molecule has 0 unspecified atom stereocenters. The van der Waals surface area contributed by atoms with Crippen molar-refractivity contribution in [2.45, 2.75) is 213 Å². The highest BCUT2D eigenvalue weighted by Crippen LogP contribution is 2.15. The predicted molar refractivity (Wildman–Crippen MR) is 178 cm³/mol. The summed E-state index contributed by atoms with van der Waals surface area (Å²) in [5, 5.41) is 9.52. The topological polar surface area (TPSA) is 72.8 Å². The lowest BCUT2D eigenvalue weighted by atomic mass is 10.0. The van der Waals surface area contributed by atoms with Gasteiger partial charge in [-0.15, -0.1) is 0 Å². The quantitative estimate of drug-likeness (QED) is 0.0591. The lowest BCUT2D eigenvalue weighted by Gasteiger charge is -2.15. The van der Waals surface area contributed by atoms with E-state index in [2.05, 4.69) is 13.8 Å². The van der Waals surface area contributed by atoms with Crippen molar-refractivity contribution in [3.8, 4) is 0 Å². The summed E-state index contributed by atoms with van der Waals surface area (Å²) in [6, 6.07) is 0. The second-order valence-electron chi connectivity index (χ2n) is 12.7. The Morgan fingerprint density at radius 3 is 1.05 bits per heavy atom. The number of esters is 2. The van der Waals surface area contributed by atoms with Crippen LogP contribution < -0.4 is 0 Å². The summed E-state index contributed by atoms with van der Waals surface area (Å²) < 4.78 is 10.6. The molecule has 0 aromatic rings. The van der Waals surface area contributed by atoms with Gasteiger partial charge in [0.1, 0.15) is 6.61 Å². The van der Waals surface area contributed by atoms with Crippen molar-refractivity contribution >= 4 is 11.9 Å². The first-order chi connectivity index (χ1) is 20.6. The van der Waals surface area contributed by atoms with Crippen molar-refractivity contribution in [3.63, 3.8) is 0 Å². The maximum Gasteiger partial charge on any atom is 0.306 e. The Morgan fingerprint density at radius 1 is 0.452 bits per heavy atom. The van der Waals surface area contributed by atoms with Gasteiger partial charge in [-0.3, -0.25) is 9.59 Å². The average molecular weight is 597 g/mol. The van der Waals surface area contributed by atoms with Gasteiger partial charge in [0.05, 0.1) is 6.61 Å². The lowest BCUT2D eigenvalue weighted by molar-refractivity contribution is -0.161. The van der Waals surface area contributed by atoms with E-state index < -0.39 is 6.10 Å². The summed E-state index contributed by atoms with van der Waals surface area (Å²) in [6.07, 6.45) is 35.8. The molecule has 1 N–H and O–H groups in total. The number of hydrogen-bond acceptors (Lipinski definition) is 5. The van der Waals surface area contributed by atoms with Gasteiger partial charge in [0.2, 0.25) is 0 Å². The van der Waals surface area contributed by atoms with Crippen LogP contribution in [0.15, 0.2) is 0 Å². The zero-order valence-corrected chi connectivity index (χ0v) is 28.3. The van der Waals surface area contributed by atoms with E-state index in [-0.39, 0.29) is 25.2 Å². The Morgan fingerprint density at radius 2 is 0.738 bits per heavy atom. The molecule has 0 fully saturated rings. The number of rotatable bonds is 34. The Kier molecular flexibility index (Phi) is 33.5. The monoisotopic (exact) mass is 597 g/mol. The van der Waals surface area contributed by atoms with Gasteiger partial charge < -0.3 is 14.6 Å². The molecule has 0 rings (SSSR count). The van der Waals surface area contributed by atoms with Crippen LogP contribution in [0.1, 0.15) is 206 Å². The third kappa shape index (κ3) is 31.8. The molecule has 250 valence electrons. The molecule has 0 aliphatic rings. The molecule has 0 bridgehead atoms. The molecule has 0 aliphatic heterocycles. The highest BCUT2D eigenvalue weighted by Gasteiger charge is 2.16. The minimum atomic E-state index is -0.760. The Hall–Kier alpha value is -1.10. The van der Waals surface area contributed by atoms with Crippen molar-refractivity contribution in [1.29, 1.82) is 0 Å². The summed E-state index contributed by atoms with van der Waals surface area (Å²) in [5.74, 6) is -0.577. The molecule has 42 heavy (non-hydrogen) atoms. The van der Waals surface area contributed by atoms with Crippen LogP contribution in [0.4, 0.5) is 0 Å². The van der Waals surface area contributed by atoms with E-state index in [4.69, 9.17) is 9.47 Å². The van der Waals surface area contributed by atoms with Gasteiger partial charge in [-0.1, -0.05) is 181 Å². The second kappa shape index (κ2) is 34.4. The smallest absolute Gasteiger partial charge is 0.306 e. The molecule has 5 nitrogen and oxygen atoms in total. The molecule has 0 aliphatic carbocycles. The first-order valence-electron chi connectivity index (χ1n) is 18.6. The zero-order valence-electron chi connectivity index (χ0n) is 28.3. The Balaban J connectivity index is 3.51. The molecule has 0 saturated carbocycles. The summed E-state index contributed by atoms with van der Waals surface area (Å²) in [7, 11) is 0. The van der Waals surface area contributed by atoms with E-state index in [1.165, 1.54) is 148 Å². The summed E-state index contributed by atoms with van der Waals surface area (Å²) in [6.45, 7) is 4.15. The second-order valence-corrected chi connectivity index (χ2v) is 12.7. The maximum absolute atomic E-state index is 12.1. The van der Waals surface area contributed by atoms with Crippen LogP contribution in [0, 0.1) is 0 Å². The molecular formula is C37H72O5. The standard InChI is InChI=1S/C37H72O5/c1-3-5-7-9-11-13-15-17-19-21-23-25-27-29-31-36(39)41-34-35(33-38)42-37(40)32-30-28-26-24-22-20-18-16-14-12-10-8-6-4-2/h35,38H,3-34H2,1-2H3/t35-/m0/s1. The third-order valence-corrected chi connectivity index (χ3v) is 8.40. The highest BCUT2D eigenvalue weighted by atomic mass is 16.6. The molecule has 0 heterocycles. The van der Waals surface area contributed by atoms with E-state index in [9.17, 15) is 14.7 Å². The third-order valence-electron chi connectivity index (χ3n) is 8.40. The lowest BCUT2D eigenvalue weighted by Crippen LogP contribution is -2.28. The molecule has 0 aromatic carbocycles. The fraction of sp³-hybridized carbons (Fsp3) is 0.946. The summed E-state index contributed by atoms with van der Waals surface area (Å²) in [4.78, 5) is 24.2. The van der Waals surface area contributed by atoms with Crippen LogP contribution in [0.5, 0.6) is 0 Å². The maximum atomic E-state index is 12.1. The predicted octanol–water partition coefficient (Wildman–Crippen LogP) is 11.2. The van der Waals surface area contributed by atoms with Crippen molar-refractivity contribution in [1.82, 2.24) is 0 Å². The fourth-order valence-electron chi connectivity index (χ4n) is 5.55. The molecule has 1 atom stereocenters. The fourth-order valence-corrected chi connectivity index (χ4v) is 5.55. The van der Waals surface area contributed by atoms with Gasteiger partial charge in [0.25, 0.3) is 0 Å². The van der Waals surface area contributed by atoms with Crippen molar-refractivity contribution in [3.05, 3.63) is 0 Å². The van der Waals surface area contributed by atoms with E-state index in [1.807, 2.05) is 0 Å². The minimum Gasteiger partial charge on any atom is -0.462 e. The van der Waals surface area contributed by atoms with Crippen molar-refractivity contribution < 1.29 is 24.2 Å². The van der Waals surface area contributed by atoms with Crippen LogP contribution in [0.25, 0.3) is 0 Å². The first-order valence-corrected chi connectivity index (χ1v) is 18.6. The summed E-state index contributed by atoms with van der Waals surface area (Å²) >= 11 is 0. The van der Waals surface area contributed by atoms with E-state index >= 15 is 0 Å². The number of aliphatic hydroxyl groups excluding tert-OH is 1. The molecular weight excluding hydrogens is 524 g/mol. The van der Waals surface area contributed by atoms with Crippen LogP contribution in [0.2, 0.25) is 0 Å². The summed E-state index contributed by atoms with van der Waals surface area (Å²) in [5.41, 5.74) is 0. The van der Waals surface area contributed by atoms with Gasteiger partial charge in [0, 0.05) is 12.8 Å². The normalized spacial score (nSPS) is 12.0. The Labute approximate surface area is 261 Å². The number of hydrogen-bond donors (Lipinski definition) is 1. The number of unbranched alkanes of at least 4 members (excludes halogenated alkanes) is 26. The molecule has 0 radical (unpaired) electrons. The molecule has 0 aromatic heterocycles. The van der Waals surface area contributed by atoms with E-state index in [0.29, 0.717) is 12.8 Å². The average Bonchev–Trinajstić information content (AvgIpc) is 2.99. The zero-order chi connectivity index (χ0) is 30.8. The van der Waals surface area contributed by atoms with Gasteiger partial charge in [-0.25, -0.2) is 0 Å². The first kappa shape index (κ1) is 40.9. The molecule has 5 heteroatoms. The molecule has 0 amide bonds. The van der Waals surface area contributed by atoms with Crippen LogP contribution in [-0.2, 0) is 19.1 Å². The number of carbonyl (C=O) groups excluding carboxylic acids is 2. The minimum absolute atomic E-state index is 0.0571. The van der Waals surface area contributed by atoms with Crippen LogP contribution >= 0.6 is 0 Å². The van der Waals surface area contributed by atoms with Gasteiger partial charge in [0.15, 0.2) is 6.10 Å². The van der Waals surface area contributed by atoms with Crippen LogP contribution in [0.3, 0.4) is 0 Å². The van der Waals surface area contributed by atoms with Crippen molar-refractivity contribution in [2.75, 3.05) is 13.2 Å². The van der Waals surface area contributed by atoms with Gasteiger partial charge in [-0.05, 0) is 12.8 Å². The number of ether oxygens (including phenoxy) is 2. The molecule has 0 saturated heterocycles. The van der Waals surface area contributed by atoms with Crippen molar-refractivity contribution in [2.24, 2.45) is 0 Å². The van der Waals surface area contributed by atoms with Crippen LogP contribution in [-0.4, -0.2) is 36.4 Å². The van der Waals surface area contributed by atoms with Gasteiger partial charge >= 0.3 is 11.9 Å². The Bertz CT molecular complexity index is 564. The SMILES string of the molecule is CCCCCCCCCCCCCCCCC(=O)OC[C@H](CO)OC(=O)CCCCCCCCCCCCCCCC. The van der Waals surface area contributed by atoms with E-state index in [0.717, 1.165) is 32.1 Å². The van der Waals surface area contributed by atoms with E-state index in [1.54, 1.807) is 0 Å². The molecule has 0 spiro atoms.